The van der Waals surface area contributed by atoms with Crippen LogP contribution in [-0.2, 0) is 0 Å². The van der Waals surface area contributed by atoms with E-state index in [4.69, 9.17) is 9.47 Å². The van der Waals surface area contributed by atoms with Crippen LogP contribution < -0.4 is 15.0 Å². The topological polar surface area (TPSA) is 84.5 Å². The number of nitrogens with one attached hydrogen (secondary N) is 1. The summed E-state index contributed by atoms with van der Waals surface area (Å²) in [7, 11) is 1.65. The van der Waals surface area contributed by atoms with E-state index < -0.39 is 0 Å². The number of para-hydroxylation sites is 2. The second-order valence-corrected chi connectivity index (χ2v) is 4.99. The summed E-state index contributed by atoms with van der Waals surface area (Å²) in [6, 6.07) is 10.1. The fourth-order valence-electron chi connectivity index (χ4n) is 2.20. The van der Waals surface area contributed by atoms with Crippen molar-refractivity contribution in [1.82, 2.24) is 15.1 Å². The third-order valence-corrected chi connectivity index (χ3v) is 3.29. The van der Waals surface area contributed by atoms with Gasteiger partial charge in [-0.2, -0.15) is 5.10 Å². The molecule has 1 atom stereocenters. The predicted molar refractivity (Wildman–Crippen MR) is 78.2 cm³/mol. The molecule has 22 heavy (non-hydrogen) atoms. The summed E-state index contributed by atoms with van der Waals surface area (Å²) in [6.07, 6.45) is -0.258. The molecular formula is C15H15N3O4. The summed E-state index contributed by atoms with van der Waals surface area (Å²) in [5.41, 5.74) is -0.168. The number of H-pyrrole nitrogens is 1. The second-order valence-electron chi connectivity index (χ2n) is 4.99. The van der Waals surface area contributed by atoms with Crippen molar-refractivity contribution in [3.05, 3.63) is 52.4 Å². The van der Waals surface area contributed by atoms with Gasteiger partial charge in [0.25, 0.3) is 11.5 Å². The predicted octanol–water partition coefficient (Wildman–Crippen LogP) is 0.682. The number of likely N-dealkylation sites (N-methyl/N-ethyl adjacent to an activating group) is 1. The van der Waals surface area contributed by atoms with Gasteiger partial charge >= 0.3 is 0 Å². The van der Waals surface area contributed by atoms with E-state index in [1.807, 2.05) is 24.3 Å². The van der Waals surface area contributed by atoms with Crippen LogP contribution in [0.25, 0.3) is 0 Å². The summed E-state index contributed by atoms with van der Waals surface area (Å²) >= 11 is 0. The molecule has 1 aliphatic rings. The van der Waals surface area contributed by atoms with E-state index in [0.717, 1.165) is 0 Å². The molecule has 1 aromatic carbocycles. The zero-order valence-corrected chi connectivity index (χ0v) is 12.0. The highest BCUT2D eigenvalue weighted by Gasteiger charge is 2.24. The minimum atomic E-state index is -0.347. The molecule has 114 valence electrons. The molecule has 7 nitrogen and oxygen atoms in total. The molecule has 0 aliphatic carbocycles. The molecule has 0 spiro atoms. The molecule has 1 amide bonds. The molecule has 2 aromatic rings. The largest absolute Gasteiger partial charge is 0.486 e. The maximum absolute atomic E-state index is 12.2. The molecule has 0 bridgehead atoms. The van der Waals surface area contributed by atoms with Crippen molar-refractivity contribution in [2.24, 2.45) is 0 Å². The van der Waals surface area contributed by atoms with Crippen LogP contribution in [0.5, 0.6) is 11.5 Å². The van der Waals surface area contributed by atoms with Crippen molar-refractivity contribution in [1.29, 1.82) is 0 Å². The Morgan fingerprint density at radius 2 is 2.09 bits per heavy atom. The molecule has 0 saturated heterocycles. The number of hydrogen-bond acceptors (Lipinski definition) is 5. The van der Waals surface area contributed by atoms with Gasteiger partial charge in [0.1, 0.15) is 12.3 Å². The maximum atomic E-state index is 12.2. The fourth-order valence-corrected chi connectivity index (χ4v) is 2.20. The van der Waals surface area contributed by atoms with Gasteiger partial charge in [0.15, 0.2) is 17.6 Å². The average Bonchev–Trinajstić information content (AvgIpc) is 2.55. The zero-order valence-electron chi connectivity index (χ0n) is 12.0. The summed E-state index contributed by atoms with van der Waals surface area (Å²) in [6.45, 7) is 0.724. The van der Waals surface area contributed by atoms with Gasteiger partial charge in [0.2, 0.25) is 0 Å². The number of amides is 1. The van der Waals surface area contributed by atoms with Crippen LogP contribution in [0.15, 0.2) is 41.2 Å². The first-order valence-electron chi connectivity index (χ1n) is 6.83. The summed E-state index contributed by atoms with van der Waals surface area (Å²) in [4.78, 5) is 24.7. The molecular weight excluding hydrogens is 286 g/mol. The molecule has 1 aliphatic heterocycles. The quantitative estimate of drug-likeness (QED) is 0.901. The van der Waals surface area contributed by atoms with Crippen LogP contribution in [0.4, 0.5) is 0 Å². The monoisotopic (exact) mass is 301 g/mol. The number of carbonyl (C=O) groups excluding carboxylic acids is 1. The van der Waals surface area contributed by atoms with Gasteiger partial charge in [-0.25, -0.2) is 5.10 Å². The molecule has 3 rings (SSSR count). The summed E-state index contributed by atoms with van der Waals surface area (Å²) in [5, 5.41) is 5.97. The lowest BCUT2D eigenvalue weighted by Gasteiger charge is -2.29. The normalized spacial score (nSPS) is 16.1. The van der Waals surface area contributed by atoms with Gasteiger partial charge in [-0.1, -0.05) is 12.1 Å². The summed E-state index contributed by atoms with van der Waals surface area (Å²) < 4.78 is 11.4. The van der Waals surface area contributed by atoms with E-state index in [2.05, 4.69) is 10.2 Å². The highest BCUT2D eigenvalue weighted by Crippen LogP contribution is 2.30. The first-order chi connectivity index (χ1) is 10.6. The van der Waals surface area contributed by atoms with Crippen LogP contribution in [-0.4, -0.2) is 47.3 Å². The Bertz CT molecular complexity index is 723. The van der Waals surface area contributed by atoms with Crippen molar-refractivity contribution in [3.8, 4) is 11.5 Å². The Kier molecular flexibility index (Phi) is 3.78. The number of fused-ring (bicyclic) bond motifs is 1. The molecule has 1 N–H and O–H groups in total. The van der Waals surface area contributed by atoms with Crippen LogP contribution in [0.2, 0.25) is 0 Å². The average molecular weight is 301 g/mol. The Hall–Kier alpha value is -2.83. The lowest BCUT2D eigenvalue weighted by atomic mass is 10.2. The van der Waals surface area contributed by atoms with Gasteiger partial charge in [0.05, 0.1) is 6.54 Å². The van der Waals surface area contributed by atoms with Gasteiger partial charge in [-0.3, -0.25) is 9.59 Å². The molecule has 0 saturated carbocycles. The van der Waals surface area contributed by atoms with Crippen molar-refractivity contribution >= 4 is 5.91 Å². The number of aromatic nitrogens is 2. The first-order valence-corrected chi connectivity index (χ1v) is 6.83. The van der Waals surface area contributed by atoms with Crippen molar-refractivity contribution in [2.75, 3.05) is 20.2 Å². The van der Waals surface area contributed by atoms with E-state index in [1.165, 1.54) is 17.0 Å². The van der Waals surface area contributed by atoms with E-state index in [9.17, 15) is 9.59 Å². The molecule has 1 unspecified atom stereocenters. The number of aromatic amines is 1. The van der Waals surface area contributed by atoms with Crippen LogP contribution in [0, 0.1) is 0 Å². The van der Waals surface area contributed by atoms with Gasteiger partial charge < -0.3 is 14.4 Å². The molecule has 2 heterocycles. The lowest BCUT2D eigenvalue weighted by molar-refractivity contribution is 0.0516. The standard InChI is InChI=1S/C15H15N3O4/c1-18(15(20)11-6-7-14(19)17-16-11)8-10-9-21-12-4-2-3-5-13(12)22-10/h2-7,10H,8-9H2,1H3,(H,17,19). The number of nitrogens with zero attached hydrogens (tertiary/aromatic N) is 2. The van der Waals surface area contributed by atoms with Crippen molar-refractivity contribution < 1.29 is 14.3 Å². The minimum Gasteiger partial charge on any atom is -0.486 e. The Morgan fingerprint density at radius 1 is 1.32 bits per heavy atom. The minimum absolute atomic E-state index is 0.180. The van der Waals surface area contributed by atoms with E-state index >= 15 is 0 Å². The number of ether oxygens (including phenoxy) is 2. The number of rotatable bonds is 3. The molecule has 7 heteroatoms. The SMILES string of the molecule is CN(CC1COc2ccccc2O1)C(=O)c1ccc(=O)[nH]n1. The second kappa shape index (κ2) is 5.88. The molecule has 1 aromatic heterocycles. The highest BCUT2D eigenvalue weighted by atomic mass is 16.6. The van der Waals surface area contributed by atoms with Crippen LogP contribution in [0.3, 0.4) is 0 Å². The Balaban J connectivity index is 1.65. The molecule has 0 fully saturated rings. The van der Waals surface area contributed by atoms with Gasteiger partial charge in [-0.15, -0.1) is 0 Å². The van der Waals surface area contributed by atoms with E-state index in [1.54, 1.807) is 7.05 Å². The first kappa shape index (κ1) is 14.1. The van der Waals surface area contributed by atoms with Crippen LogP contribution >= 0.6 is 0 Å². The molecule has 0 radical (unpaired) electrons. The lowest BCUT2D eigenvalue weighted by Crippen LogP contribution is -2.42. The number of benzene rings is 1. The van der Waals surface area contributed by atoms with E-state index in [-0.39, 0.29) is 23.3 Å². The Morgan fingerprint density at radius 3 is 2.82 bits per heavy atom. The fraction of sp³-hybridized carbons (Fsp3) is 0.267. The van der Waals surface area contributed by atoms with E-state index in [0.29, 0.717) is 24.7 Å². The highest BCUT2D eigenvalue weighted by molar-refractivity contribution is 5.91. The smallest absolute Gasteiger partial charge is 0.274 e. The van der Waals surface area contributed by atoms with Crippen LogP contribution in [0.1, 0.15) is 10.5 Å². The maximum Gasteiger partial charge on any atom is 0.274 e. The van der Waals surface area contributed by atoms with Gasteiger partial charge in [0, 0.05) is 13.1 Å². The summed E-state index contributed by atoms with van der Waals surface area (Å²) in [5.74, 6) is 1.08. The third kappa shape index (κ3) is 2.93. The van der Waals surface area contributed by atoms with Crippen molar-refractivity contribution in [2.45, 2.75) is 6.10 Å². The van der Waals surface area contributed by atoms with Gasteiger partial charge in [-0.05, 0) is 18.2 Å². The Labute approximate surface area is 126 Å². The third-order valence-electron chi connectivity index (χ3n) is 3.29. The number of hydrogen-bond donors (Lipinski definition) is 1. The van der Waals surface area contributed by atoms with Crippen molar-refractivity contribution in [3.63, 3.8) is 0 Å². The zero-order chi connectivity index (χ0) is 15.5. The number of carbonyl (C=O) groups is 1.